The normalized spacial score (nSPS) is 16.7. The molecular weight excluding hydrogens is 460 g/mol. The summed E-state index contributed by atoms with van der Waals surface area (Å²) >= 11 is 0. The van der Waals surface area contributed by atoms with E-state index >= 15 is 0 Å². The first kappa shape index (κ1) is 24.3. The topological polar surface area (TPSA) is 114 Å². The molecule has 0 bridgehead atoms. The van der Waals surface area contributed by atoms with Crippen LogP contribution in [0.5, 0.6) is 17.2 Å². The molecule has 2 aromatic rings. The molecule has 2 aliphatic heterocycles. The van der Waals surface area contributed by atoms with E-state index in [2.05, 4.69) is 5.32 Å². The van der Waals surface area contributed by atoms with E-state index in [1.54, 1.807) is 46.8 Å². The Kier molecular flexibility index (Phi) is 7.91. The number of benzene rings is 2. The number of sulfonamides is 1. The smallest absolute Gasteiger partial charge is 0.243 e. The molecule has 9 nitrogen and oxygen atoms in total. The lowest BCUT2D eigenvalue weighted by Gasteiger charge is -2.25. The van der Waals surface area contributed by atoms with Crippen LogP contribution in [-0.2, 0) is 21.2 Å². The van der Waals surface area contributed by atoms with Crippen molar-refractivity contribution in [1.29, 1.82) is 0 Å². The Balaban J connectivity index is 1.17. The van der Waals surface area contributed by atoms with Crippen LogP contribution < -0.4 is 19.5 Å². The van der Waals surface area contributed by atoms with Crippen LogP contribution in [0.2, 0.25) is 0 Å². The molecule has 0 aromatic heterocycles. The van der Waals surface area contributed by atoms with Gasteiger partial charge in [-0.25, -0.2) is 8.42 Å². The maximum Gasteiger partial charge on any atom is 0.243 e. The van der Waals surface area contributed by atoms with Crippen molar-refractivity contribution < 1.29 is 32.5 Å². The van der Waals surface area contributed by atoms with Gasteiger partial charge in [-0.2, -0.15) is 4.31 Å². The lowest BCUT2D eigenvalue weighted by atomic mass is 10.1. The van der Waals surface area contributed by atoms with Crippen molar-refractivity contribution in [2.24, 2.45) is 0 Å². The Bertz CT molecular complexity index is 1080. The van der Waals surface area contributed by atoms with Gasteiger partial charge < -0.3 is 24.6 Å². The summed E-state index contributed by atoms with van der Waals surface area (Å²) in [6.45, 7) is 1.40. The second-order valence-electron chi connectivity index (χ2n) is 8.39. The van der Waals surface area contributed by atoms with E-state index in [1.807, 2.05) is 0 Å². The predicted octanol–water partition coefficient (Wildman–Crippen LogP) is 2.08. The Morgan fingerprint density at radius 1 is 1.06 bits per heavy atom. The molecule has 1 atom stereocenters. The molecule has 2 heterocycles. The molecule has 2 aromatic carbocycles. The summed E-state index contributed by atoms with van der Waals surface area (Å²) in [7, 11) is -3.46. The number of rotatable bonds is 10. The van der Waals surface area contributed by atoms with Gasteiger partial charge in [0.25, 0.3) is 0 Å². The molecule has 34 heavy (non-hydrogen) atoms. The van der Waals surface area contributed by atoms with E-state index in [-0.39, 0.29) is 37.2 Å². The molecule has 10 heteroatoms. The van der Waals surface area contributed by atoms with Crippen molar-refractivity contribution in [2.75, 3.05) is 33.0 Å². The number of carbonyl (C=O) groups is 1. The Labute approximate surface area is 199 Å². The van der Waals surface area contributed by atoms with E-state index in [1.165, 1.54) is 0 Å². The van der Waals surface area contributed by atoms with Gasteiger partial charge in [-0.3, -0.25) is 4.79 Å². The minimum atomic E-state index is -3.46. The highest BCUT2D eigenvalue weighted by Gasteiger charge is 2.25. The number of ether oxygens (including phenoxy) is 3. The summed E-state index contributed by atoms with van der Waals surface area (Å²) in [4.78, 5) is 12.4. The van der Waals surface area contributed by atoms with Gasteiger partial charge >= 0.3 is 0 Å². The second kappa shape index (κ2) is 11.1. The number of nitrogens with one attached hydrogen (secondary N) is 1. The molecule has 1 unspecified atom stereocenters. The molecule has 0 spiro atoms. The zero-order chi connectivity index (χ0) is 24.0. The summed E-state index contributed by atoms with van der Waals surface area (Å²) in [5.74, 6) is 1.59. The number of hydrogen-bond donors (Lipinski definition) is 2. The van der Waals surface area contributed by atoms with Gasteiger partial charge in [-0.05, 0) is 49.1 Å². The minimum Gasteiger partial charge on any atom is -0.491 e. The lowest BCUT2D eigenvalue weighted by Crippen LogP contribution is -2.35. The Hall–Kier alpha value is -2.82. The molecular formula is C24H30N2O7S. The summed E-state index contributed by atoms with van der Waals surface area (Å²) < 4.78 is 43.1. The van der Waals surface area contributed by atoms with Crippen LogP contribution in [0, 0.1) is 0 Å². The molecule has 2 N–H and O–H groups in total. The summed E-state index contributed by atoms with van der Waals surface area (Å²) in [6, 6.07) is 11.9. The van der Waals surface area contributed by atoms with Crippen LogP contribution in [0.4, 0.5) is 0 Å². The fraction of sp³-hybridized carbons (Fsp3) is 0.458. The largest absolute Gasteiger partial charge is 0.491 e. The van der Waals surface area contributed by atoms with Crippen LogP contribution in [0.1, 0.15) is 31.2 Å². The molecule has 2 aliphatic rings. The van der Waals surface area contributed by atoms with Crippen LogP contribution >= 0.6 is 0 Å². The Morgan fingerprint density at radius 2 is 1.79 bits per heavy atom. The number of fused-ring (bicyclic) bond motifs is 1. The third kappa shape index (κ3) is 6.19. The molecule has 1 amide bonds. The number of nitrogens with zero attached hydrogens (tertiary/aromatic N) is 1. The number of piperidine rings is 1. The summed E-state index contributed by atoms with van der Waals surface area (Å²) in [5.41, 5.74) is 0.874. The highest BCUT2D eigenvalue weighted by atomic mass is 32.2. The van der Waals surface area contributed by atoms with Crippen LogP contribution in [0.15, 0.2) is 47.4 Å². The number of aliphatic hydroxyl groups is 1. The molecule has 184 valence electrons. The van der Waals surface area contributed by atoms with Crippen molar-refractivity contribution in [3.05, 3.63) is 48.0 Å². The van der Waals surface area contributed by atoms with Crippen molar-refractivity contribution in [3.63, 3.8) is 0 Å². The number of aryl methyl sites for hydroxylation is 1. The molecule has 1 saturated heterocycles. The van der Waals surface area contributed by atoms with E-state index in [0.29, 0.717) is 36.8 Å². The van der Waals surface area contributed by atoms with Crippen LogP contribution in [0.3, 0.4) is 0 Å². The number of hydrogen-bond acceptors (Lipinski definition) is 7. The van der Waals surface area contributed by atoms with Crippen molar-refractivity contribution in [2.45, 2.75) is 43.1 Å². The Morgan fingerprint density at radius 3 is 2.56 bits per heavy atom. The summed E-state index contributed by atoms with van der Waals surface area (Å²) in [5, 5.41) is 12.8. The minimum absolute atomic E-state index is 0.0207. The average Bonchev–Trinajstić information content (AvgIpc) is 3.34. The molecule has 0 saturated carbocycles. The van der Waals surface area contributed by atoms with Gasteiger partial charge in [0, 0.05) is 32.1 Å². The van der Waals surface area contributed by atoms with Crippen molar-refractivity contribution in [1.82, 2.24) is 9.62 Å². The fourth-order valence-corrected chi connectivity index (χ4v) is 5.40. The van der Waals surface area contributed by atoms with E-state index < -0.39 is 16.1 Å². The van der Waals surface area contributed by atoms with Gasteiger partial charge in [0.1, 0.15) is 18.5 Å². The lowest BCUT2D eigenvalue weighted by molar-refractivity contribution is -0.121. The van der Waals surface area contributed by atoms with Gasteiger partial charge in [0.15, 0.2) is 11.5 Å². The summed E-state index contributed by atoms with van der Waals surface area (Å²) in [6.07, 6.45) is 2.69. The third-order valence-corrected chi connectivity index (χ3v) is 7.75. The van der Waals surface area contributed by atoms with Crippen molar-refractivity contribution >= 4 is 15.9 Å². The predicted molar refractivity (Wildman–Crippen MR) is 124 cm³/mol. The highest BCUT2D eigenvalue weighted by Crippen LogP contribution is 2.35. The molecule has 4 rings (SSSR count). The quantitative estimate of drug-likeness (QED) is 0.524. The first-order chi connectivity index (χ1) is 16.4. The number of aliphatic hydroxyl groups excluding tert-OH is 1. The zero-order valence-corrected chi connectivity index (χ0v) is 19.8. The fourth-order valence-electron chi connectivity index (χ4n) is 3.88. The highest BCUT2D eigenvalue weighted by molar-refractivity contribution is 7.89. The molecule has 0 radical (unpaired) electrons. The van der Waals surface area contributed by atoms with E-state index in [0.717, 1.165) is 24.8 Å². The maximum absolute atomic E-state index is 12.7. The third-order valence-electron chi connectivity index (χ3n) is 5.84. The monoisotopic (exact) mass is 490 g/mol. The number of carbonyl (C=O) groups excluding carboxylic acids is 1. The van der Waals surface area contributed by atoms with E-state index in [4.69, 9.17) is 14.2 Å². The van der Waals surface area contributed by atoms with Gasteiger partial charge in [0.05, 0.1) is 4.90 Å². The van der Waals surface area contributed by atoms with Crippen LogP contribution in [-0.4, -0.2) is 62.9 Å². The average molecular weight is 491 g/mol. The number of amides is 1. The molecule has 0 aliphatic carbocycles. The van der Waals surface area contributed by atoms with Gasteiger partial charge in [-0.1, -0.05) is 18.6 Å². The maximum atomic E-state index is 12.7. The molecule has 1 fully saturated rings. The first-order valence-electron chi connectivity index (χ1n) is 11.5. The van der Waals surface area contributed by atoms with E-state index in [9.17, 15) is 18.3 Å². The SMILES string of the molecule is O=C(CCc1ccc(S(=O)(=O)N2CCCCC2)cc1)NCC(O)COc1ccc2c(c1)OCO2. The first-order valence-corrected chi connectivity index (χ1v) is 12.9. The van der Waals surface area contributed by atoms with Crippen molar-refractivity contribution in [3.8, 4) is 17.2 Å². The zero-order valence-electron chi connectivity index (χ0n) is 18.9. The second-order valence-corrected chi connectivity index (χ2v) is 10.3. The van der Waals surface area contributed by atoms with Crippen LogP contribution in [0.25, 0.3) is 0 Å². The van der Waals surface area contributed by atoms with Gasteiger partial charge in [-0.15, -0.1) is 0 Å². The van der Waals surface area contributed by atoms with Gasteiger partial charge in [0.2, 0.25) is 22.7 Å². The standard InChI is InChI=1S/C24H30N2O7S/c27-19(16-31-20-7-10-22-23(14-20)33-17-32-22)15-25-24(28)11-6-18-4-8-21(9-5-18)34(29,30)26-12-2-1-3-13-26/h4-5,7-10,14,19,27H,1-3,6,11-13,15-17H2,(H,25,28).